The van der Waals surface area contributed by atoms with Crippen LogP contribution in [0.5, 0.6) is 0 Å². The normalized spacial score (nSPS) is 30.8. The molecule has 128 valence electrons. The van der Waals surface area contributed by atoms with E-state index in [9.17, 15) is 4.79 Å². The SMILES string of the molecule is CC1CCC(NC(=O)NCC(C)(C)N2CCCCC2)C(C)C1. The van der Waals surface area contributed by atoms with Gasteiger partial charge in [0.2, 0.25) is 0 Å². The first kappa shape index (κ1) is 17.6. The third-order valence-electron chi connectivity index (χ3n) is 5.64. The van der Waals surface area contributed by atoms with Gasteiger partial charge in [0, 0.05) is 18.1 Å². The molecule has 2 rings (SSSR count). The quantitative estimate of drug-likeness (QED) is 0.836. The third kappa shape index (κ3) is 4.87. The van der Waals surface area contributed by atoms with Gasteiger partial charge in [-0.1, -0.05) is 20.3 Å². The molecule has 0 aromatic carbocycles. The number of urea groups is 1. The van der Waals surface area contributed by atoms with Crippen LogP contribution in [0, 0.1) is 11.8 Å². The molecule has 2 aliphatic rings. The van der Waals surface area contributed by atoms with Crippen molar-refractivity contribution in [2.24, 2.45) is 11.8 Å². The molecular weight excluding hydrogens is 274 g/mol. The molecule has 22 heavy (non-hydrogen) atoms. The highest BCUT2D eigenvalue weighted by Crippen LogP contribution is 2.28. The Balaban J connectivity index is 1.74. The summed E-state index contributed by atoms with van der Waals surface area (Å²) in [6.45, 7) is 12.1. The van der Waals surface area contributed by atoms with Crippen LogP contribution in [0.1, 0.15) is 66.2 Å². The van der Waals surface area contributed by atoms with Crippen molar-refractivity contribution in [3.8, 4) is 0 Å². The minimum atomic E-state index is 0.0106. The van der Waals surface area contributed by atoms with Crippen molar-refractivity contribution >= 4 is 6.03 Å². The Hall–Kier alpha value is -0.770. The highest BCUT2D eigenvalue weighted by Gasteiger charge is 2.30. The van der Waals surface area contributed by atoms with E-state index < -0.39 is 0 Å². The Morgan fingerprint density at radius 1 is 1.14 bits per heavy atom. The lowest BCUT2D eigenvalue weighted by Gasteiger charge is -2.41. The van der Waals surface area contributed by atoms with Crippen molar-refractivity contribution in [2.45, 2.75) is 77.8 Å². The molecule has 1 aliphatic heterocycles. The van der Waals surface area contributed by atoms with Gasteiger partial charge in [-0.05, 0) is 70.9 Å². The standard InChI is InChI=1S/C18H35N3O/c1-14-8-9-16(15(2)12-14)20-17(22)19-13-18(3,4)21-10-6-5-7-11-21/h14-16H,5-13H2,1-4H3,(H2,19,20,22). The van der Waals surface area contributed by atoms with Crippen molar-refractivity contribution in [2.75, 3.05) is 19.6 Å². The Morgan fingerprint density at radius 3 is 2.45 bits per heavy atom. The van der Waals surface area contributed by atoms with Crippen molar-refractivity contribution in [3.63, 3.8) is 0 Å². The van der Waals surface area contributed by atoms with E-state index in [4.69, 9.17) is 0 Å². The highest BCUT2D eigenvalue weighted by molar-refractivity contribution is 5.74. The topological polar surface area (TPSA) is 44.4 Å². The van der Waals surface area contributed by atoms with Crippen molar-refractivity contribution in [1.82, 2.24) is 15.5 Å². The lowest BCUT2D eigenvalue weighted by Crippen LogP contribution is -2.56. The average Bonchev–Trinajstić information content (AvgIpc) is 2.49. The summed E-state index contributed by atoms with van der Waals surface area (Å²) in [7, 11) is 0. The van der Waals surface area contributed by atoms with E-state index in [1.165, 1.54) is 32.1 Å². The lowest BCUT2D eigenvalue weighted by molar-refractivity contribution is 0.0955. The lowest BCUT2D eigenvalue weighted by atomic mass is 9.80. The largest absolute Gasteiger partial charge is 0.336 e. The van der Waals surface area contributed by atoms with Crippen LogP contribution in [0.25, 0.3) is 0 Å². The van der Waals surface area contributed by atoms with Gasteiger partial charge in [0.25, 0.3) is 0 Å². The van der Waals surface area contributed by atoms with E-state index in [0.29, 0.717) is 12.0 Å². The zero-order chi connectivity index (χ0) is 16.2. The van der Waals surface area contributed by atoms with Gasteiger partial charge in [-0.15, -0.1) is 0 Å². The Labute approximate surface area is 136 Å². The average molecular weight is 309 g/mol. The van der Waals surface area contributed by atoms with E-state index >= 15 is 0 Å². The van der Waals surface area contributed by atoms with Crippen LogP contribution in [0.15, 0.2) is 0 Å². The van der Waals surface area contributed by atoms with Crippen LogP contribution >= 0.6 is 0 Å². The fourth-order valence-corrected chi connectivity index (χ4v) is 4.01. The van der Waals surface area contributed by atoms with Crippen molar-refractivity contribution in [1.29, 1.82) is 0 Å². The molecule has 0 aromatic rings. The summed E-state index contributed by atoms with van der Waals surface area (Å²) >= 11 is 0. The van der Waals surface area contributed by atoms with Gasteiger partial charge >= 0.3 is 6.03 Å². The Morgan fingerprint density at radius 2 is 1.82 bits per heavy atom. The fraction of sp³-hybridized carbons (Fsp3) is 0.944. The molecule has 0 spiro atoms. The van der Waals surface area contributed by atoms with Gasteiger partial charge < -0.3 is 10.6 Å². The Bertz CT molecular complexity index is 363. The second kappa shape index (κ2) is 7.67. The van der Waals surface area contributed by atoms with E-state index in [1.54, 1.807) is 0 Å². The third-order valence-corrected chi connectivity index (χ3v) is 5.64. The second-order valence-electron chi connectivity index (χ2n) is 8.19. The summed E-state index contributed by atoms with van der Waals surface area (Å²) in [6.07, 6.45) is 7.49. The number of nitrogens with zero attached hydrogens (tertiary/aromatic N) is 1. The molecule has 1 heterocycles. The van der Waals surface area contributed by atoms with Crippen molar-refractivity contribution < 1.29 is 4.79 Å². The van der Waals surface area contributed by atoms with E-state index in [1.807, 2.05) is 0 Å². The molecule has 3 atom stereocenters. The number of piperidine rings is 1. The summed E-state index contributed by atoms with van der Waals surface area (Å²) in [5.41, 5.74) is 0.0461. The summed E-state index contributed by atoms with van der Waals surface area (Å²) < 4.78 is 0. The molecule has 2 amide bonds. The highest BCUT2D eigenvalue weighted by atomic mass is 16.2. The number of hydrogen-bond acceptors (Lipinski definition) is 2. The van der Waals surface area contributed by atoms with Gasteiger partial charge in [0.1, 0.15) is 0 Å². The predicted molar refractivity (Wildman–Crippen MR) is 92.0 cm³/mol. The van der Waals surface area contributed by atoms with Gasteiger partial charge in [-0.2, -0.15) is 0 Å². The maximum atomic E-state index is 12.2. The smallest absolute Gasteiger partial charge is 0.315 e. The molecule has 1 saturated carbocycles. The van der Waals surface area contributed by atoms with Gasteiger partial charge in [0.05, 0.1) is 0 Å². The van der Waals surface area contributed by atoms with Gasteiger partial charge in [0.15, 0.2) is 0 Å². The second-order valence-corrected chi connectivity index (χ2v) is 8.19. The first-order chi connectivity index (χ1) is 10.4. The summed E-state index contributed by atoms with van der Waals surface area (Å²) in [6, 6.07) is 0.353. The van der Waals surface area contributed by atoms with Crippen molar-refractivity contribution in [3.05, 3.63) is 0 Å². The number of likely N-dealkylation sites (tertiary alicyclic amines) is 1. The van der Waals surface area contributed by atoms with E-state index in [-0.39, 0.29) is 11.6 Å². The predicted octanol–water partition coefficient (Wildman–Crippen LogP) is 3.37. The first-order valence-corrected chi connectivity index (χ1v) is 9.18. The zero-order valence-corrected chi connectivity index (χ0v) is 15.0. The fourth-order valence-electron chi connectivity index (χ4n) is 4.01. The van der Waals surface area contributed by atoms with Crippen LogP contribution in [0.2, 0.25) is 0 Å². The van der Waals surface area contributed by atoms with Crippen LogP contribution in [0.4, 0.5) is 4.79 Å². The molecule has 0 bridgehead atoms. The number of nitrogens with one attached hydrogen (secondary N) is 2. The molecule has 0 radical (unpaired) electrons. The number of rotatable bonds is 4. The maximum absolute atomic E-state index is 12.2. The molecule has 2 N–H and O–H groups in total. The van der Waals surface area contributed by atoms with Crippen LogP contribution < -0.4 is 10.6 Å². The molecule has 4 nitrogen and oxygen atoms in total. The van der Waals surface area contributed by atoms with E-state index in [0.717, 1.165) is 32.0 Å². The molecule has 4 heteroatoms. The minimum Gasteiger partial charge on any atom is -0.336 e. The van der Waals surface area contributed by atoms with Crippen LogP contribution in [0.3, 0.4) is 0 Å². The monoisotopic (exact) mass is 309 g/mol. The number of carbonyl (C=O) groups excluding carboxylic acids is 1. The van der Waals surface area contributed by atoms with Gasteiger partial charge in [-0.25, -0.2) is 4.79 Å². The number of carbonyl (C=O) groups is 1. The minimum absolute atomic E-state index is 0.0106. The summed E-state index contributed by atoms with van der Waals surface area (Å²) in [5.74, 6) is 1.39. The van der Waals surface area contributed by atoms with Gasteiger partial charge in [-0.3, -0.25) is 4.90 Å². The summed E-state index contributed by atoms with van der Waals surface area (Å²) in [5, 5.41) is 6.30. The molecular formula is C18H35N3O. The molecule has 1 aliphatic carbocycles. The molecule has 1 saturated heterocycles. The van der Waals surface area contributed by atoms with Crippen LogP contribution in [-0.4, -0.2) is 42.1 Å². The number of hydrogen-bond donors (Lipinski definition) is 2. The first-order valence-electron chi connectivity index (χ1n) is 9.18. The zero-order valence-electron chi connectivity index (χ0n) is 15.0. The molecule has 0 aromatic heterocycles. The molecule has 3 unspecified atom stereocenters. The Kier molecular flexibility index (Phi) is 6.13. The maximum Gasteiger partial charge on any atom is 0.315 e. The summed E-state index contributed by atoms with van der Waals surface area (Å²) in [4.78, 5) is 14.7. The number of amides is 2. The van der Waals surface area contributed by atoms with E-state index in [2.05, 4.69) is 43.2 Å². The van der Waals surface area contributed by atoms with Crippen LogP contribution in [-0.2, 0) is 0 Å². The molecule has 2 fully saturated rings.